The molecule has 0 saturated carbocycles. The lowest BCUT2D eigenvalue weighted by Gasteiger charge is -2.18. The van der Waals surface area contributed by atoms with E-state index in [1.165, 1.54) is 13.3 Å². The van der Waals surface area contributed by atoms with Crippen molar-refractivity contribution in [3.05, 3.63) is 85.9 Å². The molecule has 0 atom stereocenters. The van der Waals surface area contributed by atoms with Crippen molar-refractivity contribution in [2.45, 2.75) is 52.9 Å². The Morgan fingerprint density at radius 3 is 2.34 bits per heavy atom. The van der Waals surface area contributed by atoms with Crippen molar-refractivity contribution in [2.75, 3.05) is 7.11 Å². The Bertz CT molecular complexity index is 1320. The van der Waals surface area contributed by atoms with E-state index in [-0.39, 0.29) is 12.1 Å². The van der Waals surface area contributed by atoms with Gasteiger partial charge in [-0.05, 0) is 55.0 Å². The summed E-state index contributed by atoms with van der Waals surface area (Å²) < 4.78 is 62.6. The quantitative estimate of drug-likeness (QED) is 0.383. The topological polar surface area (TPSA) is 53.2 Å². The minimum absolute atomic E-state index is 0.0934. The van der Waals surface area contributed by atoms with E-state index in [9.17, 15) is 27.2 Å². The summed E-state index contributed by atoms with van der Waals surface area (Å²) in [5.74, 6) is -0.229. The van der Waals surface area contributed by atoms with Crippen molar-refractivity contribution >= 4 is 0 Å². The van der Waals surface area contributed by atoms with Gasteiger partial charge in [-0.2, -0.15) is 13.2 Å². The van der Waals surface area contributed by atoms with Gasteiger partial charge in [0.1, 0.15) is 11.6 Å². The lowest BCUT2D eigenvalue weighted by Crippen LogP contribution is -2.41. The monoisotopic (exact) mass is 492 g/mol. The minimum atomic E-state index is -4.81. The lowest BCUT2D eigenvalue weighted by atomic mass is 10.0. The number of hydrogen-bond acceptors (Lipinski definition) is 3. The van der Waals surface area contributed by atoms with Gasteiger partial charge in [0.25, 0.3) is 5.56 Å². The highest BCUT2D eigenvalue weighted by Crippen LogP contribution is 2.33. The van der Waals surface area contributed by atoms with E-state index >= 15 is 0 Å². The van der Waals surface area contributed by atoms with E-state index in [2.05, 4.69) is 0 Å². The molecule has 0 saturated heterocycles. The van der Waals surface area contributed by atoms with Gasteiger partial charge in [-0.3, -0.25) is 13.9 Å². The summed E-state index contributed by atoms with van der Waals surface area (Å²) in [7, 11) is 1.48. The molecule has 1 aromatic heterocycles. The molecule has 0 unspecified atom stereocenters. The lowest BCUT2D eigenvalue weighted by molar-refractivity contribution is -0.138. The summed E-state index contributed by atoms with van der Waals surface area (Å²) in [6.45, 7) is 5.17. The van der Waals surface area contributed by atoms with Crippen LogP contribution in [0.1, 0.15) is 43.4 Å². The van der Waals surface area contributed by atoms with Crippen molar-refractivity contribution in [3.8, 4) is 16.9 Å². The average molecular weight is 493 g/mol. The maximum atomic E-state index is 14.6. The molecular weight excluding hydrogens is 464 g/mol. The van der Waals surface area contributed by atoms with Crippen molar-refractivity contribution in [1.29, 1.82) is 0 Å². The number of ether oxygens (including phenoxy) is 1. The number of hydrogen-bond donors (Lipinski definition) is 0. The smallest absolute Gasteiger partial charge is 0.416 e. The largest absolute Gasteiger partial charge is 0.496 e. The molecule has 0 bridgehead atoms. The second-order valence-electron chi connectivity index (χ2n) is 8.84. The molecule has 3 rings (SSSR count). The maximum absolute atomic E-state index is 14.6. The molecule has 0 aliphatic rings. The van der Waals surface area contributed by atoms with Gasteiger partial charge in [-0.15, -0.1) is 0 Å². The van der Waals surface area contributed by atoms with Crippen molar-refractivity contribution < 1.29 is 22.3 Å². The molecular formula is C26H28F4N2O3. The highest BCUT2D eigenvalue weighted by Gasteiger charge is 2.34. The summed E-state index contributed by atoms with van der Waals surface area (Å²) in [4.78, 5) is 26.6. The van der Waals surface area contributed by atoms with E-state index in [0.29, 0.717) is 29.2 Å². The zero-order chi connectivity index (χ0) is 25.9. The summed E-state index contributed by atoms with van der Waals surface area (Å²) >= 11 is 0. The van der Waals surface area contributed by atoms with Crippen LogP contribution in [0.4, 0.5) is 17.6 Å². The van der Waals surface area contributed by atoms with Crippen LogP contribution in [0.3, 0.4) is 0 Å². The molecule has 9 heteroatoms. The summed E-state index contributed by atoms with van der Waals surface area (Å²) in [5.41, 5.74) is -1.95. The van der Waals surface area contributed by atoms with Crippen LogP contribution < -0.4 is 16.0 Å². The van der Waals surface area contributed by atoms with Gasteiger partial charge in [-0.25, -0.2) is 9.18 Å². The van der Waals surface area contributed by atoms with E-state index in [4.69, 9.17) is 4.74 Å². The molecule has 0 N–H and O–H groups in total. The SMILES string of the molecule is COc1cccc(-c2cn(Cc3c(F)cccc3C(F)(F)F)c(=O)n(CCCC(C)C)c2=O)c1C. The summed E-state index contributed by atoms with van der Waals surface area (Å²) in [6.07, 6.45) is -2.32. The molecule has 5 nitrogen and oxygen atoms in total. The first-order valence-electron chi connectivity index (χ1n) is 11.3. The van der Waals surface area contributed by atoms with Crippen molar-refractivity contribution in [1.82, 2.24) is 9.13 Å². The Kier molecular flexibility index (Phi) is 7.87. The summed E-state index contributed by atoms with van der Waals surface area (Å²) in [6, 6.07) is 7.73. The van der Waals surface area contributed by atoms with Crippen molar-refractivity contribution in [3.63, 3.8) is 0 Å². The molecule has 0 amide bonds. The van der Waals surface area contributed by atoms with E-state index in [1.807, 2.05) is 13.8 Å². The van der Waals surface area contributed by atoms with Crippen LogP contribution in [0, 0.1) is 18.7 Å². The predicted octanol–water partition coefficient (Wildman–Crippen LogP) is 5.64. The van der Waals surface area contributed by atoms with Gasteiger partial charge < -0.3 is 4.74 Å². The Balaban J connectivity index is 2.24. The third-order valence-corrected chi connectivity index (χ3v) is 5.95. The zero-order valence-corrected chi connectivity index (χ0v) is 20.1. The van der Waals surface area contributed by atoms with Crippen LogP contribution in [-0.2, 0) is 19.3 Å². The van der Waals surface area contributed by atoms with Gasteiger partial charge in [-0.1, -0.05) is 32.0 Å². The molecule has 3 aromatic rings. The Morgan fingerprint density at radius 2 is 1.71 bits per heavy atom. The van der Waals surface area contributed by atoms with Crippen LogP contribution in [-0.4, -0.2) is 16.2 Å². The first-order chi connectivity index (χ1) is 16.5. The molecule has 35 heavy (non-hydrogen) atoms. The normalized spacial score (nSPS) is 11.8. The molecule has 188 valence electrons. The molecule has 0 aliphatic carbocycles. The zero-order valence-electron chi connectivity index (χ0n) is 20.1. The predicted molar refractivity (Wildman–Crippen MR) is 126 cm³/mol. The third-order valence-electron chi connectivity index (χ3n) is 5.95. The minimum Gasteiger partial charge on any atom is -0.496 e. The Hall–Kier alpha value is -3.36. The maximum Gasteiger partial charge on any atom is 0.416 e. The number of methoxy groups -OCH3 is 1. The van der Waals surface area contributed by atoms with E-state index in [0.717, 1.165) is 33.8 Å². The third kappa shape index (κ3) is 5.66. The molecule has 1 heterocycles. The average Bonchev–Trinajstić information content (AvgIpc) is 2.78. The number of rotatable bonds is 8. The fourth-order valence-corrected chi connectivity index (χ4v) is 4.09. The second-order valence-corrected chi connectivity index (χ2v) is 8.84. The Labute approximate surface area is 200 Å². The highest BCUT2D eigenvalue weighted by molar-refractivity contribution is 5.68. The first-order valence-corrected chi connectivity index (χ1v) is 11.3. The second kappa shape index (κ2) is 10.5. The highest BCUT2D eigenvalue weighted by atomic mass is 19.4. The molecule has 0 radical (unpaired) electrons. The van der Waals surface area contributed by atoms with E-state index in [1.54, 1.807) is 25.1 Å². The molecule has 0 spiro atoms. The van der Waals surface area contributed by atoms with Gasteiger partial charge in [0.05, 0.1) is 24.8 Å². The van der Waals surface area contributed by atoms with Crippen LogP contribution >= 0.6 is 0 Å². The van der Waals surface area contributed by atoms with Crippen LogP contribution in [0.2, 0.25) is 0 Å². The number of halogens is 4. The molecule has 0 fully saturated rings. The van der Waals surface area contributed by atoms with Gasteiger partial charge in [0.15, 0.2) is 0 Å². The summed E-state index contributed by atoms with van der Waals surface area (Å²) in [5, 5.41) is 0. The fourth-order valence-electron chi connectivity index (χ4n) is 4.09. The molecule has 0 aliphatic heterocycles. The first kappa shape index (κ1) is 26.2. The van der Waals surface area contributed by atoms with E-state index < -0.39 is 40.9 Å². The van der Waals surface area contributed by atoms with Gasteiger partial charge in [0, 0.05) is 18.3 Å². The Morgan fingerprint density at radius 1 is 1.03 bits per heavy atom. The number of benzene rings is 2. The number of alkyl halides is 3. The number of aromatic nitrogens is 2. The van der Waals surface area contributed by atoms with Crippen LogP contribution in [0.5, 0.6) is 5.75 Å². The number of nitrogens with zero attached hydrogens (tertiary/aromatic N) is 2. The fraction of sp³-hybridized carbons (Fsp3) is 0.385. The molecule has 2 aromatic carbocycles. The van der Waals surface area contributed by atoms with Gasteiger partial charge in [0.2, 0.25) is 0 Å². The van der Waals surface area contributed by atoms with Gasteiger partial charge >= 0.3 is 11.9 Å². The van der Waals surface area contributed by atoms with Crippen molar-refractivity contribution in [2.24, 2.45) is 5.92 Å². The van der Waals surface area contributed by atoms with Crippen LogP contribution in [0.15, 0.2) is 52.2 Å². The van der Waals surface area contributed by atoms with Crippen LogP contribution in [0.25, 0.3) is 11.1 Å². The standard InChI is InChI=1S/C26H28F4N2O3/c1-16(2)8-7-13-32-24(33)19(18-9-5-12-23(35-4)17(18)3)14-31(25(32)34)15-20-21(26(28,29)30)10-6-11-22(20)27/h5-6,9-12,14,16H,7-8,13,15H2,1-4H3.